The lowest BCUT2D eigenvalue weighted by Crippen LogP contribution is -2.43. The van der Waals surface area contributed by atoms with Gasteiger partial charge in [-0.05, 0) is 39.2 Å². The summed E-state index contributed by atoms with van der Waals surface area (Å²) in [5.41, 5.74) is 0.401. The van der Waals surface area contributed by atoms with Gasteiger partial charge in [0.1, 0.15) is 12.1 Å². The number of nitrogens with one attached hydrogen (secondary N) is 2. The summed E-state index contributed by atoms with van der Waals surface area (Å²) in [7, 11) is 0. The first-order chi connectivity index (χ1) is 12.7. The predicted octanol–water partition coefficient (Wildman–Crippen LogP) is 0.972. The van der Waals surface area contributed by atoms with Crippen molar-refractivity contribution in [2.75, 3.05) is 6.54 Å². The van der Waals surface area contributed by atoms with Crippen LogP contribution >= 0.6 is 0 Å². The second-order valence-electron chi connectivity index (χ2n) is 7.23. The molecule has 0 radical (unpaired) electrons. The molecule has 0 aromatic heterocycles. The summed E-state index contributed by atoms with van der Waals surface area (Å²) in [6.45, 7) is 4.42. The average Bonchev–Trinajstić information content (AvgIpc) is 3.39. The number of urea groups is 1. The molecule has 1 heterocycles. The standard InChI is InChI=1S/C19H23N3O5/c1-11-4-6-13(7-5-11)19(3)17(25)22(18(26)21-19)10-15(23)27-12(2)16(24)20-14-8-9-14/h4-7,12,14H,8-10H2,1-3H3,(H,20,24)(H,21,26)/t12-,19-/m0/s1. The topological polar surface area (TPSA) is 105 Å². The number of imide groups is 1. The fraction of sp³-hybridized carbons (Fsp3) is 0.474. The molecule has 8 nitrogen and oxygen atoms in total. The van der Waals surface area contributed by atoms with E-state index in [0.29, 0.717) is 5.56 Å². The molecule has 2 N–H and O–H groups in total. The Bertz CT molecular complexity index is 787. The van der Waals surface area contributed by atoms with Crippen molar-refractivity contribution in [2.45, 2.75) is 51.3 Å². The number of rotatable bonds is 6. The smallest absolute Gasteiger partial charge is 0.327 e. The molecular formula is C19H23N3O5. The molecule has 1 aromatic rings. The number of hydrogen-bond donors (Lipinski definition) is 2. The molecule has 0 unspecified atom stereocenters. The van der Waals surface area contributed by atoms with Gasteiger partial charge in [-0.1, -0.05) is 29.8 Å². The van der Waals surface area contributed by atoms with Crippen LogP contribution in [0.2, 0.25) is 0 Å². The van der Waals surface area contributed by atoms with Crippen LogP contribution in [0.3, 0.4) is 0 Å². The van der Waals surface area contributed by atoms with E-state index >= 15 is 0 Å². The summed E-state index contributed by atoms with van der Waals surface area (Å²) in [6.07, 6.45) is 0.862. The van der Waals surface area contributed by atoms with Crippen LogP contribution < -0.4 is 10.6 Å². The lowest BCUT2D eigenvalue weighted by molar-refractivity contribution is -0.156. The van der Waals surface area contributed by atoms with Gasteiger partial charge in [-0.3, -0.25) is 19.3 Å². The quantitative estimate of drug-likeness (QED) is 0.571. The Labute approximate surface area is 157 Å². The maximum absolute atomic E-state index is 12.8. The third-order valence-electron chi connectivity index (χ3n) is 4.79. The Morgan fingerprint density at radius 1 is 1.30 bits per heavy atom. The molecule has 8 heteroatoms. The minimum absolute atomic E-state index is 0.153. The third-order valence-corrected chi connectivity index (χ3v) is 4.79. The van der Waals surface area contributed by atoms with Gasteiger partial charge < -0.3 is 15.4 Å². The summed E-state index contributed by atoms with van der Waals surface area (Å²) >= 11 is 0. The Morgan fingerprint density at radius 2 is 1.93 bits per heavy atom. The summed E-state index contributed by atoms with van der Waals surface area (Å²) in [5, 5.41) is 5.37. The van der Waals surface area contributed by atoms with Crippen molar-refractivity contribution < 1.29 is 23.9 Å². The van der Waals surface area contributed by atoms with Gasteiger partial charge in [0, 0.05) is 6.04 Å². The molecule has 0 spiro atoms. The third kappa shape index (κ3) is 3.94. The summed E-state index contributed by atoms with van der Waals surface area (Å²) in [6, 6.07) is 6.70. The monoisotopic (exact) mass is 373 g/mol. The van der Waals surface area contributed by atoms with Gasteiger partial charge in [-0.25, -0.2) is 4.79 Å². The SMILES string of the molecule is Cc1ccc([C@]2(C)NC(=O)N(CC(=O)O[C@@H](C)C(=O)NC3CC3)C2=O)cc1. The fourth-order valence-electron chi connectivity index (χ4n) is 2.89. The van der Waals surface area contributed by atoms with Crippen molar-refractivity contribution in [3.05, 3.63) is 35.4 Å². The van der Waals surface area contributed by atoms with Gasteiger partial charge in [-0.15, -0.1) is 0 Å². The van der Waals surface area contributed by atoms with Crippen LogP contribution in [-0.2, 0) is 24.7 Å². The van der Waals surface area contributed by atoms with E-state index in [0.717, 1.165) is 23.3 Å². The van der Waals surface area contributed by atoms with E-state index < -0.39 is 36.1 Å². The highest BCUT2D eigenvalue weighted by Crippen LogP contribution is 2.29. The van der Waals surface area contributed by atoms with Crippen LogP contribution in [0.25, 0.3) is 0 Å². The zero-order chi connectivity index (χ0) is 19.8. The highest BCUT2D eigenvalue weighted by atomic mass is 16.5. The zero-order valence-electron chi connectivity index (χ0n) is 15.6. The second-order valence-corrected chi connectivity index (χ2v) is 7.23. The van der Waals surface area contributed by atoms with Crippen LogP contribution in [0, 0.1) is 6.92 Å². The molecule has 1 aromatic carbocycles. The van der Waals surface area contributed by atoms with Crippen molar-refractivity contribution in [3.8, 4) is 0 Å². The number of carbonyl (C=O) groups excluding carboxylic acids is 4. The van der Waals surface area contributed by atoms with E-state index in [-0.39, 0.29) is 11.9 Å². The molecular weight excluding hydrogens is 350 g/mol. The van der Waals surface area contributed by atoms with E-state index in [9.17, 15) is 19.2 Å². The number of hydrogen-bond acceptors (Lipinski definition) is 5. The summed E-state index contributed by atoms with van der Waals surface area (Å²) in [5.74, 6) is -1.74. The lowest BCUT2D eigenvalue weighted by Gasteiger charge is -2.22. The van der Waals surface area contributed by atoms with Crippen LogP contribution in [-0.4, -0.2) is 47.4 Å². The highest BCUT2D eigenvalue weighted by Gasteiger charge is 2.49. The number of nitrogens with zero attached hydrogens (tertiary/aromatic N) is 1. The Morgan fingerprint density at radius 3 is 2.52 bits per heavy atom. The average molecular weight is 373 g/mol. The van der Waals surface area contributed by atoms with Gasteiger partial charge in [-0.2, -0.15) is 0 Å². The van der Waals surface area contributed by atoms with E-state index in [1.54, 1.807) is 19.1 Å². The minimum Gasteiger partial charge on any atom is -0.451 e. The first-order valence-electron chi connectivity index (χ1n) is 8.92. The molecule has 144 valence electrons. The molecule has 1 aliphatic heterocycles. The van der Waals surface area contributed by atoms with Crippen LogP contribution in [0.15, 0.2) is 24.3 Å². The summed E-state index contributed by atoms with van der Waals surface area (Å²) < 4.78 is 5.06. The zero-order valence-corrected chi connectivity index (χ0v) is 15.6. The van der Waals surface area contributed by atoms with Crippen LogP contribution in [0.5, 0.6) is 0 Å². The predicted molar refractivity (Wildman–Crippen MR) is 95.5 cm³/mol. The van der Waals surface area contributed by atoms with Gasteiger partial charge in [0.15, 0.2) is 6.10 Å². The molecule has 2 fully saturated rings. The molecule has 3 rings (SSSR count). The number of ether oxygens (including phenoxy) is 1. The van der Waals surface area contributed by atoms with Crippen molar-refractivity contribution >= 4 is 23.8 Å². The summed E-state index contributed by atoms with van der Waals surface area (Å²) in [4.78, 5) is 49.8. The fourth-order valence-corrected chi connectivity index (χ4v) is 2.89. The molecule has 2 aliphatic rings. The molecule has 1 saturated heterocycles. The number of amides is 4. The molecule has 2 atom stereocenters. The first-order valence-corrected chi connectivity index (χ1v) is 8.92. The Kier molecular flexibility index (Phi) is 4.91. The molecule has 1 aliphatic carbocycles. The molecule has 0 bridgehead atoms. The minimum atomic E-state index is -1.25. The van der Waals surface area contributed by atoms with Crippen LogP contribution in [0.4, 0.5) is 4.79 Å². The van der Waals surface area contributed by atoms with E-state index in [1.807, 2.05) is 19.1 Å². The van der Waals surface area contributed by atoms with E-state index in [4.69, 9.17) is 4.74 Å². The van der Waals surface area contributed by atoms with Gasteiger partial charge >= 0.3 is 12.0 Å². The number of benzene rings is 1. The maximum atomic E-state index is 12.8. The van der Waals surface area contributed by atoms with E-state index in [2.05, 4.69) is 10.6 Å². The van der Waals surface area contributed by atoms with E-state index in [1.165, 1.54) is 6.92 Å². The number of carbonyl (C=O) groups is 4. The molecule has 4 amide bonds. The lowest BCUT2D eigenvalue weighted by atomic mass is 9.91. The first kappa shape index (κ1) is 18.9. The molecule has 27 heavy (non-hydrogen) atoms. The largest absolute Gasteiger partial charge is 0.451 e. The Balaban J connectivity index is 1.63. The number of esters is 1. The molecule has 1 saturated carbocycles. The van der Waals surface area contributed by atoms with Crippen molar-refractivity contribution in [1.82, 2.24) is 15.5 Å². The Hall–Kier alpha value is -2.90. The van der Waals surface area contributed by atoms with Gasteiger partial charge in [0.25, 0.3) is 11.8 Å². The van der Waals surface area contributed by atoms with Crippen molar-refractivity contribution in [1.29, 1.82) is 0 Å². The maximum Gasteiger partial charge on any atom is 0.327 e. The van der Waals surface area contributed by atoms with Crippen molar-refractivity contribution in [2.24, 2.45) is 0 Å². The van der Waals surface area contributed by atoms with Gasteiger partial charge in [0.2, 0.25) is 0 Å². The van der Waals surface area contributed by atoms with Crippen LogP contribution in [0.1, 0.15) is 37.8 Å². The second kappa shape index (κ2) is 7.02. The normalized spacial score (nSPS) is 23.0. The number of aryl methyl sites for hydroxylation is 1. The van der Waals surface area contributed by atoms with Gasteiger partial charge in [0.05, 0.1) is 0 Å². The van der Waals surface area contributed by atoms with Crippen molar-refractivity contribution in [3.63, 3.8) is 0 Å². The highest BCUT2D eigenvalue weighted by molar-refractivity contribution is 6.08.